The summed E-state index contributed by atoms with van der Waals surface area (Å²) in [6.07, 6.45) is 0. The minimum absolute atomic E-state index is 0.121. The number of nitro groups is 1. The Morgan fingerprint density at radius 2 is 1.25 bits per heavy atom. The Balaban J connectivity index is 2.24. The molecule has 2 rings (SSSR count). The third-order valence-corrected chi connectivity index (χ3v) is 2.86. The molecule has 5 heteroatoms. The molecule has 0 N–H and O–H groups in total. The van der Waals surface area contributed by atoms with Crippen molar-refractivity contribution in [1.29, 1.82) is 0 Å². The zero-order valence-electron chi connectivity index (χ0n) is 10.7. The van der Waals surface area contributed by atoms with Gasteiger partial charge in [0.1, 0.15) is 0 Å². The Morgan fingerprint density at radius 1 is 0.850 bits per heavy atom. The fourth-order valence-electron chi connectivity index (χ4n) is 1.70. The number of nitro benzene ring substituents is 1. The number of nitrogens with zero attached hydrogens (tertiary/aromatic N) is 1. The van der Waals surface area contributed by atoms with Crippen LogP contribution in [0.1, 0.15) is 26.3 Å². The summed E-state index contributed by atoms with van der Waals surface area (Å²) < 4.78 is 0. The lowest BCUT2D eigenvalue weighted by molar-refractivity contribution is -0.384. The van der Waals surface area contributed by atoms with Crippen LogP contribution < -0.4 is 0 Å². The summed E-state index contributed by atoms with van der Waals surface area (Å²) in [6.45, 7) is 1.88. The molecule has 0 aromatic heterocycles. The molecule has 0 saturated carbocycles. The minimum atomic E-state index is -0.677. The maximum Gasteiger partial charge on any atom is 0.269 e. The number of non-ortho nitro benzene ring substituents is 1. The molecule has 0 unspecified atom stereocenters. The molecular formula is C15H11NO4. The first-order valence-corrected chi connectivity index (χ1v) is 5.89. The number of aryl methyl sites for hydroxylation is 1. The predicted molar refractivity (Wildman–Crippen MR) is 72.9 cm³/mol. The number of hydrogen-bond donors (Lipinski definition) is 0. The van der Waals surface area contributed by atoms with Crippen molar-refractivity contribution >= 4 is 17.3 Å². The van der Waals surface area contributed by atoms with Crippen LogP contribution in [0.2, 0.25) is 0 Å². The normalized spacial score (nSPS) is 10.1. The van der Waals surface area contributed by atoms with Crippen LogP contribution in [0.4, 0.5) is 5.69 Å². The first kappa shape index (κ1) is 13.6. The van der Waals surface area contributed by atoms with Gasteiger partial charge in [0.05, 0.1) is 4.92 Å². The Bertz CT molecular complexity index is 672. The standard InChI is InChI=1S/C15H11NO4/c1-10-2-4-11(5-3-10)14(17)15(18)12-6-8-13(9-7-12)16(19)20/h2-9H,1H3. The lowest BCUT2D eigenvalue weighted by Crippen LogP contribution is -2.14. The van der Waals surface area contributed by atoms with Crippen LogP contribution in [-0.4, -0.2) is 16.5 Å². The molecule has 0 heterocycles. The topological polar surface area (TPSA) is 77.3 Å². The van der Waals surface area contributed by atoms with Crippen molar-refractivity contribution in [3.8, 4) is 0 Å². The number of carbonyl (C=O) groups is 2. The van der Waals surface area contributed by atoms with Crippen molar-refractivity contribution in [1.82, 2.24) is 0 Å². The van der Waals surface area contributed by atoms with Crippen LogP contribution in [0.15, 0.2) is 48.5 Å². The second-order valence-corrected chi connectivity index (χ2v) is 4.33. The van der Waals surface area contributed by atoms with E-state index in [0.717, 1.165) is 5.56 Å². The molecule has 0 aliphatic rings. The molecule has 0 atom stereocenters. The van der Waals surface area contributed by atoms with Crippen LogP contribution in [0.25, 0.3) is 0 Å². The number of benzene rings is 2. The third-order valence-electron chi connectivity index (χ3n) is 2.86. The van der Waals surface area contributed by atoms with Crippen LogP contribution in [0, 0.1) is 17.0 Å². The molecule has 100 valence electrons. The Hall–Kier alpha value is -2.82. The number of Topliss-reactive ketones (excluding diaryl/α,β-unsaturated/α-hetero) is 2. The number of hydrogen-bond acceptors (Lipinski definition) is 4. The average Bonchev–Trinajstić information content (AvgIpc) is 2.46. The maximum atomic E-state index is 12.0. The van der Waals surface area contributed by atoms with Gasteiger partial charge in [0.2, 0.25) is 11.6 Å². The summed E-state index contributed by atoms with van der Waals surface area (Å²) >= 11 is 0. The molecular weight excluding hydrogens is 258 g/mol. The van der Waals surface area contributed by atoms with Gasteiger partial charge in [0, 0.05) is 23.3 Å². The Labute approximate surface area is 115 Å². The molecule has 5 nitrogen and oxygen atoms in total. The molecule has 2 aromatic rings. The van der Waals surface area contributed by atoms with E-state index in [1.54, 1.807) is 24.3 Å². The molecule has 2 aromatic carbocycles. The van der Waals surface area contributed by atoms with Crippen LogP contribution in [-0.2, 0) is 0 Å². The second kappa shape index (κ2) is 5.44. The van der Waals surface area contributed by atoms with E-state index in [0.29, 0.717) is 5.56 Å². The van der Waals surface area contributed by atoms with Gasteiger partial charge in [-0.3, -0.25) is 19.7 Å². The highest BCUT2D eigenvalue weighted by Gasteiger charge is 2.18. The highest BCUT2D eigenvalue weighted by Crippen LogP contribution is 2.14. The van der Waals surface area contributed by atoms with E-state index >= 15 is 0 Å². The van der Waals surface area contributed by atoms with E-state index in [1.807, 2.05) is 6.92 Å². The van der Waals surface area contributed by atoms with Crippen molar-refractivity contribution in [2.24, 2.45) is 0 Å². The summed E-state index contributed by atoms with van der Waals surface area (Å²) in [5.41, 5.74) is 1.31. The summed E-state index contributed by atoms with van der Waals surface area (Å²) in [6, 6.07) is 11.6. The van der Waals surface area contributed by atoms with E-state index in [9.17, 15) is 19.7 Å². The van der Waals surface area contributed by atoms with Gasteiger partial charge in [-0.15, -0.1) is 0 Å². The Morgan fingerprint density at radius 3 is 1.65 bits per heavy atom. The molecule has 0 spiro atoms. The van der Waals surface area contributed by atoms with E-state index < -0.39 is 16.5 Å². The number of rotatable bonds is 4. The second-order valence-electron chi connectivity index (χ2n) is 4.33. The maximum absolute atomic E-state index is 12.0. The van der Waals surface area contributed by atoms with Gasteiger partial charge in [0.15, 0.2) is 0 Å². The van der Waals surface area contributed by atoms with Crippen molar-refractivity contribution in [3.05, 3.63) is 75.3 Å². The highest BCUT2D eigenvalue weighted by atomic mass is 16.6. The number of carbonyl (C=O) groups excluding carboxylic acids is 2. The lowest BCUT2D eigenvalue weighted by atomic mass is 10.0. The van der Waals surface area contributed by atoms with Crippen molar-refractivity contribution in [2.45, 2.75) is 6.92 Å². The third kappa shape index (κ3) is 2.77. The average molecular weight is 269 g/mol. The van der Waals surface area contributed by atoms with Gasteiger partial charge >= 0.3 is 0 Å². The summed E-state index contributed by atoms with van der Waals surface area (Å²) in [5, 5.41) is 10.5. The van der Waals surface area contributed by atoms with Gasteiger partial charge in [-0.05, 0) is 19.1 Å². The van der Waals surface area contributed by atoms with Gasteiger partial charge < -0.3 is 0 Å². The van der Waals surface area contributed by atoms with Crippen molar-refractivity contribution in [2.75, 3.05) is 0 Å². The molecule has 0 saturated heterocycles. The van der Waals surface area contributed by atoms with Gasteiger partial charge in [-0.25, -0.2) is 0 Å². The van der Waals surface area contributed by atoms with Crippen molar-refractivity contribution in [3.63, 3.8) is 0 Å². The monoisotopic (exact) mass is 269 g/mol. The molecule has 0 fully saturated rings. The summed E-state index contributed by atoms with van der Waals surface area (Å²) in [4.78, 5) is 33.9. The zero-order chi connectivity index (χ0) is 14.7. The molecule has 0 radical (unpaired) electrons. The SMILES string of the molecule is Cc1ccc(C(=O)C(=O)c2ccc([N+](=O)[O-])cc2)cc1. The quantitative estimate of drug-likeness (QED) is 0.370. The Kier molecular flexibility index (Phi) is 3.70. The molecule has 0 aliphatic heterocycles. The van der Waals surface area contributed by atoms with Gasteiger partial charge in [-0.1, -0.05) is 29.8 Å². The first-order chi connectivity index (χ1) is 9.49. The highest BCUT2D eigenvalue weighted by molar-refractivity contribution is 6.49. The predicted octanol–water partition coefficient (Wildman–Crippen LogP) is 2.97. The van der Waals surface area contributed by atoms with Gasteiger partial charge in [-0.2, -0.15) is 0 Å². The molecule has 0 amide bonds. The zero-order valence-corrected chi connectivity index (χ0v) is 10.7. The van der Waals surface area contributed by atoms with Crippen LogP contribution in [0.3, 0.4) is 0 Å². The van der Waals surface area contributed by atoms with Crippen LogP contribution >= 0.6 is 0 Å². The fraction of sp³-hybridized carbons (Fsp3) is 0.0667. The molecule has 0 bridgehead atoms. The van der Waals surface area contributed by atoms with Crippen molar-refractivity contribution < 1.29 is 14.5 Å². The van der Waals surface area contributed by atoms with E-state index in [4.69, 9.17) is 0 Å². The minimum Gasteiger partial charge on any atom is -0.285 e. The van der Waals surface area contributed by atoms with Gasteiger partial charge in [0.25, 0.3) is 5.69 Å². The lowest BCUT2D eigenvalue weighted by Gasteiger charge is -2.01. The summed E-state index contributed by atoms with van der Waals surface area (Å²) in [7, 11) is 0. The molecule has 0 aliphatic carbocycles. The smallest absolute Gasteiger partial charge is 0.269 e. The summed E-state index contributed by atoms with van der Waals surface area (Å²) in [5.74, 6) is -1.30. The number of ketones is 2. The fourth-order valence-corrected chi connectivity index (χ4v) is 1.70. The van der Waals surface area contributed by atoms with E-state index in [1.165, 1.54) is 24.3 Å². The first-order valence-electron chi connectivity index (χ1n) is 5.89. The van der Waals surface area contributed by atoms with Crippen LogP contribution in [0.5, 0.6) is 0 Å². The van der Waals surface area contributed by atoms with E-state index in [-0.39, 0.29) is 11.3 Å². The molecule has 20 heavy (non-hydrogen) atoms. The largest absolute Gasteiger partial charge is 0.285 e. The van der Waals surface area contributed by atoms with E-state index in [2.05, 4.69) is 0 Å².